The highest BCUT2D eigenvalue weighted by molar-refractivity contribution is 7.91. The Bertz CT molecular complexity index is 857. The van der Waals surface area contributed by atoms with E-state index in [2.05, 4.69) is 10.6 Å². The Balaban J connectivity index is 2.24. The van der Waals surface area contributed by atoms with Crippen LogP contribution in [0.5, 0.6) is 0 Å². The van der Waals surface area contributed by atoms with E-state index in [0.29, 0.717) is 4.88 Å². The van der Waals surface area contributed by atoms with Gasteiger partial charge in [0.15, 0.2) is 9.84 Å². The third-order valence-corrected chi connectivity index (χ3v) is 6.89. The van der Waals surface area contributed by atoms with Gasteiger partial charge < -0.3 is 10.6 Å². The second kappa shape index (κ2) is 8.46. The van der Waals surface area contributed by atoms with E-state index in [4.69, 9.17) is 0 Å². The van der Waals surface area contributed by atoms with Crippen LogP contribution < -0.4 is 10.6 Å². The van der Waals surface area contributed by atoms with Crippen molar-refractivity contribution >= 4 is 33.0 Å². The number of hydrogen-bond donors (Lipinski definition) is 2. The molecule has 1 aromatic carbocycles. The minimum atomic E-state index is -3.72. The van der Waals surface area contributed by atoms with Crippen LogP contribution in [0.3, 0.4) is 0 Å². The number of amides is 2. The van der Waals surface area contributed by atoms with Gasteiger partial charge in [0.25, 0.3) is 0 Å². The summed E-state index contributed by atoms with van der Waals surface area (Å²) in [5.41, 5.74) is 0.954. The average molecular weight is 395 g/mol. The molecule has 0 bridgehead atoms. The number of carbonyl (C=O) groups excluding carboxylic acids is 2. The van der Waals surface area contributed by atoms with Crippen LogP contribution in [-0.2, 0) is 19.4 Å². The van der Waals surface area contributed by atoms with E-state index in [-0.39, 0.29) is 17.5 Å². The zero-order chi connectivity index (χ0) is 19.3. The molecule has 0 aliphatic carbocycles. The fourth-order valence-electron chi connectivity index (χ4n) is 2.32. The van der Waals surface area contributed by atoms with Gasteiger partial charge in [0, 0.05) is 17.5 Å². The summed E-state index contributed by atoms with van der Waals surface area (Å²) >= 11 is 1.30. The van der Waals surface area contributed by atoms with E-state index in [1.807, 2.05) is 6.92 Å². The lowest BCUT2D eigenvalue weighted by molar-refractivity contribution is -0.139. The molecule has 2 amide bonds. The fourth-order valence-corrected chi connectivity index (χ4v) is 5.11. The molecule has 2 rings (SSSR count). The molecule has 8 heteroatoms. The molecule has 0 aliphatic rings. The number of aryl methyl sites for hydroxylation is 1. The van der Waals surface area contributed by atoms with Crippen molar-refractivity contribution in [1.29, 1.82) is 0 Å². The zero-order valence-electron chi connectivity index (χ0n) is 14.9. The summed E-state index contributed by atoms with van der Waals surface area (Å²) in [5.74, 6) is -1.63. The Morgan fingerprint density at radius 1 is 1.08 bits per heavy atom. The molecule has 1 aromatic heterocycles. The Morgan fingerprint density at radius 3 is 2.27 bits per heavy atom. The minimum absolute atomic E-state index is 0.179. The Labute approximate surface area is 157 Å². The summed E-state index contributed by atoms with van der Waals surface area (Å²) in [5, 5.41) is 5.74. The van der Waals surface area contributed by atoms with Crippen molar-refractivity contribution in [2.75, 3.05) is 6.54 Å². The number of rotatable bonds is 6. The van der Waals surface area contributed by atoms with Crippen molar-refractivity contribution in [2.45, 2.75) is 37.0 Å². The number of carbonyl (C=O) groups is 2. The van der Waals surface area contributed by atoms with E-state index in [1.165, 1.54) is 11.3 Å². The van der Waals surface area contributed by atoms with Gasteiger partial charge in [0.2, 0.25) is 0 Å². The molecule has 0 radical (unpaired) electrons. The lowest BCUT2D eigenvalue weighted by atomic mass is 10.2. The van der Waals surface area contributed by atoms with Gasteiger partial charge in [0.05, 0.1) is 4.90 Å². The molecule has 0 fully saturated rings. The Morgan fingerprint density at radius 2 is 1.73 bits per heavy atom. The first kappa shape index (κ1) is 20.1. The smallest absolute Gasteiger partial charge is 0.309 e. The van der Waals surface area contributed by atoms with Crippen LogP contribution in [-0.4, -0.2) is 32.8 Å². The van der Waals surface area contributed by atoms with E-state index in [0.717, 1.165) is 5.56 Å². The normalized spacial score (nSPS) is 12.6. The van der Waals surface area contributed by atoms with Crippen molar-refractivity contribution in [3.8, 4) is 0 Å². The van der Waals surface area contributed by atoms with Crippen molar-refractivity contribution in [2.24, 2.45) is 0 Å². The molecule has 1 heterocycles. The first-order valence-electron chi connectivity index (χ1n) is 8.14. The minimum Gasteiger partial charge on any atom is -0.346 e. The zero-order valence-corrected chi connectivity index (χ0v) is 16.5. The third-order valence-electron chi connectivity index (χ3n) is 3.66. The van der Waals surface area contributed by atoms with E-state index in [1.54, 1.807) is 55.6 Å². The number of sulfone groups is 1. The lowest BCUT2D eigenvalue weighted by Gasteiger charge is -2.18. The van der Waals surface area contributed by atoms with Gasteiger partial charge in [-0.2, -0.15) is 0 Å². The largest absolute Gasteiger partial charge is 0.346 e. The molecule has 0 saturated carbocycles. The summed E-state index contributed by atoms with van der Waals surface area (Å²) in [7, 11) is -3.72. The summed E-state index contributed by atoms with van der Waals surface area (Å²) in [6.45, 7) is 5.17. The van der Waals surface area contributed by atoms with Gasteiger partial charge in [-0.3, -0.25) is 9.59 Å². The fraction of sp³-hybridized carbons (Fsp3) is 0.333. The van der Waals surface area contributed by atoms with Gasteiger partial charge in [-0.05, 0) is 44.4 Å². The second-order valence-electron chi connectivity index (χ2n) is 6.20. The standard InChI is InChI=1S/C18H22N2O4S2/c1-12(2)20-18(22)17(21)19-11-16(15-5-4-10-25-15)26(23,24)14-8-6-13(3)7-9-14/h4-10,12,16H,11H2,1-3H3,(H,19,21)(H,20,22)/t16-/m0/s1. The molecule has 1 atom stereocenters. The summed E-state index contributed by atoms with van der Waals surface area (Å²) in [4.78, 5) is 24.5. The SMILES string of the molecule is Cc1ccc(S(=O)(=O)[C@@H](CNC(=O)C(=O)NC(C)C)c2cccs2)cc1. The van der Waals surface area contributed by atoms with Crippen molar-refractivity contribution in [3.63, 3.8) is 0 Å². The molecule has 2 N–H and O–H groups in total. The summed E-state index contributed by atoms with van der Waals surface area (Å²) in [6.07, 6.45) is 0. The van der Waals surface area contributed by atoms with E-state index in [9.17, 15) is 18.0 Å². The molecule has 0 aliphatic heterocycles. The van der Waals surface area contributed by atoms with Crippen LogP contribution >= 0.6 is 11.3 Å². The molecule has 6 nitrogen and oxygen atoms in total. The Hall–Kier alpha value is -2.19. The predicted molar refractivity (Wildman–Crippen MR) is 102 cm³/mol. The number of benzene rings is 1. The van der Waals surface area contributed by atoms with Crippen molar-refractivity contribution in [1.82, 2.24) is 10.6 Å². The number of nitrogens with one attached hydrogen (secondary N) is 2. The first-order valence-corrected chi connectivity index (χ1v) is 10.6. The Kier molecular flexibility index (Phi) is 6.55. The monoisotopic (exact) mass is 394 g/mol. The quantitative estimate of drug-likeness (QED) is 0.735. The molecule has 140 valence electrons. The van der Waals surface area contributed by atoms with Gasteiger partial charge in [-0.15, -0.1) is 11.3 Å². The van der Waals surface area contributed by atoms with Gasteiger partial charge in [0.1, 0.15) is 5.25 Å². The first-order chi connectivity index (χ1) is 12.2. The molecular weight excluding hydrogens is 372 g/mol. The van der Waals surface area contributed by atoms with Crippen LogP contribution in [0.25, 0.3) is 0 Å². The molecule has 0 saturated heterocycles. The molecular formula is C18H22N2O4S2. The maximum atomic E-state index is 13.1. The molecule has 26 heavy (non-hydrogen) atoms. The van der Waals surface area contributed by atoms with Gasteiger partial charge in [-0.25, -0.2) is 8.42 Å². The number of hydrogen-bond acceptors (Lipinski definition) is 5. The summed E-state index contributed by atoms with van der Waals surface area (Å²) < 4.78 is 26.1. The highest BCUT2D eigenvalue weighted by Crippen LogP contribution is 2.31. The highest BCUT2D eigenvalue weighted by Gasteiger charge is 2.31. The van der Waals surface area contributed by atoms with Gasteiger partial charge in [-0.1, -0.05) is 23.8 Å². The van der Waals surface area contributed by atoms with E-state index < -0.39 is 26.9 Å². The summed E-state index contributed by atoms with van der Waals surface area (Å²) in [6, 6.07) is 9.85. The maximum Gasteiger partial charge on any atom is 0.309 e. The average Bonchev–Trinajstić information content (AvgIpc) is 3.08. The van der Waals surface area contributed by atoms with Crippen LogP contribution in [0.1, 0.15) is 29.5 Å². The topological polar surface area (TPSA) is 92.3 Å². The van der Waals surface area contributed by atoms with Crippen LogP contribution in [0.4, 0.5) is 0 Å². The maximum absolute atomic E-state index is 13.1. The number of thiophene rings is 1. The highest BCUT2D eigenvalue weighted by atomic mass is 32.2. The third kappa shape index (κ3) is 4.92. The van der Waals surface area contributed by atoms with Gasteiger partial charge >= 0.3 is 11.8 Å². The van der Waals surface area contributed by atoms with E-state index >= 15 is 0 Å². The predicted octanol–water partition coefficient (Wildman–Crippen LogP) is 2.21. The lowest BCUT2D eigenvalue weighted by Crippen LogP contribution is -2.44. The molecule has 0 unspecified atom stereocenters. The van der Waals surface area contributed by atoms with Crippen LogP contribution in [0.2, 0.25) is 0 Å². The molecule has 2 aromatic rings. The second-order valence-corrected chi connectivity index (χ2v) is 9.31. The van der Waals surface area contributed by atoms with Crippen LogP contribution in [0, 0.1) is 6.92 Å². The van der Waals surface area contributed by atoms with Crippen LogP contribution in [0.15, 0.2) is 46.7 Å². The molecule has 0 spiro atoms. The van der Waals surface area contributed by atoms with Crippen molar-refractivity contribution < 1.29 is 18.0 Å². The van der Waals surface area contributed by atoms with Crippen molar-refractivity contribution in [3.05, 3.63) is 52.2 Å².